The van der Waals surface area contributed by atoms with Crippen LogP contribution in [-0.4, -0.2) is 31.4 Å². The van der Waals surface area contributed by atoms with Crippen LogP contribution in [-0.2, 0) is 16.1 Å². The molecule has 1 aliphatic heterocycles. The zero-order chi connectivity index (χ0) is 31.5. The highest BCUT2D eigenvalue weighted by molar-refractivity contribution is 9.10. The number of benzene rings is 3. The number of nitrogens with zero attached hydrogens (tertiary/aromatic N) is 2. The Labute approximate surface area is 275 Å². The van der Waals surface area contributed by atoms with Crippen molar-refractivity contribution in [1.82, 2.24) is 4.57 Å². The van der Waals surface area contributed by atoms with Crippen molar-refractivity contribution in [3.05, 3.63) is 117 Å². The van der Waals surface area contributed by atoms with E-state index >= 15 is 0 Å². The Kier molecular flexibility index (Phi) is 9.84. The minimum absolute atomic E-state index is 0.170. The molecule has 0 amide bonds. The van der Waals surface area contributed by atoms with E-state index in [9.17, 15) is 9.59 Å². The van der Waals surface area contributed by atoms with Crippen molar-refractivity contribution in [2.24, 2.45) is 4.99 Å². The predicted molar refractivity (Wildman–Crippen MR) is 175 cm³/mol. The average molecular weight is 718 g/mol. The number of rotatable bonds is 9. The monoisotopic (exact) mass is 716 g/mol. The van der Waals surface area contributed by atoms with E-state index in [4.69, 9.17) is 42.1 Å². The fourth-order valence-corrected chi connectivity index (χ4v) is 6.83. The lowest BCUT2D eigenvalue weighted by atomic mass is 9.94. The third-order valence-electron chi connectivity index (χ3n) is 6.90. The molecule has 1 aromatic heterocycles. The maximum atomic E-state index is 14.0. The first kappa shape index (κ1) is 31.8. The maximum Gasteiger partial charge on any atom is 0.338 e. The normalized spacial score (nSPS) is 14.6. The van der Waals surface area contributed by atoms with Crippen LogP contribution in [0.25, 0.3) is 6.08 Å². The molecule has 0 fully saturated rings. The van der Waals surface area contributed by atoms with Gasteiger partial charge < -0.3 is 18.9 Å². The highest BCUT2D eigenvalue weighted by atomic mass is 79.9. The lowest BCUT2D eigenvalue weighted by Gasteiger charge is -2.26. The van der Waals surface area contributed by atoms with Crippen molar-refractivity contribution < 1.29 is 23.7 Å². The first-order valence-corrected chi connectivity index (χ1v) is 15.8. The summed E-state index contributed by atoms with van der Waals surface area (Å²) < 4.78 is 25.1. The number of thiazole rings is 1. The van der Waals surface area contributed by atoms with E-state index in [1.54, 1.807) is 57.4 Å². The second kappa shape index (κ2) is 13.6. The summed E-state index contributed by atoms with van der Waals surface area (Å²) >= 11 is 17.1. The van der Waals surface area contributed by atoms with Crippen LogP contribution in [0.2, 0.25) is 10.0 Å². The average Bonchev–Trinajstić information content (AvgIpc) is 3.30. The molecule has 2 heterocycles. The molecule has 0 spiro atoms. The fourth-order valence-electron chi connectivity index (χ4n) is 4.81. The second-order valence-corrected chi connectivity index (χ2v) is 12.3. The van der Waals surface area contributed by atoms with Crippen molar-refractivity contribution in [3.63, 3.8) is 0 Å². The molecule has 1 atom stereocenters. The van der Waals surface area contributed by atoms with Gasteiger partial charge >= 0.3 is 5.97 Å². The van der Waals surface area contributed by atoms with Gasteiger partial charge in [0.05, 0.1) is 41.1 Å². The number of carbonyl (C=O) groups is 1. The number of allylic oxidation sites excluding steroid dienone is 1. The first-order chi connectivity index (χ1) is 21.1. The van der Waals surface area contributed by atoms with Crippen LogP contribution in [0, 0.1) is 0 Å². The molecule has 0 radical (unpaired) electrons. The highest BCUT2D eigenvalue weighted by Crippen LogP contribution is 2.38. The lowest BCUT2D eigenvalue weighted by Crippen LogP contribution is -2.40. The molecule has 0 saturated heterocycles. The zero-order valence-corrected chi connectivity index (χ0v) is 28.1. The largest absolute Gasteiger partial charge is 0.497 e. The minimum Gasteiger partial charge on any atom is -0.497 e. The van der Waals surface area contributed by atoms with Crippen molar-refractivity contribution in [3.8, 4) is 17.2 Å². The van der Waals surface area contributed by atoms with Gasteiger partial charge in [-0.25, -0.2) is 9.79 Å². The van der Waals surface area contributed by atoms with Crippen LogP contribution in [0.4, 0.5) is 0 Å². The maximum absolute atomic E-state index is 14.0. The molecule has 0 saturated carbocycles. The molecule has 5 rings (SSSR count). The molecular weight excluding hydrogens is 691 g/mol. The Morgan fingerprint density at radius 2 is 1.84 bits per heavy atom. The predicted octanol–water partition coefficient (Wildman–Crippen LogP) is 6.46. The number of fused-ring (bicyclic) bond motifs is 1. The molecule has 228 valence electrons. The van der Waals surface area contributed by atoms with E-state index in [0.717, 1.165) is 11.1 Å². The van der Waals surface area contributed by atoms with Gasteiger partial charge in [0.1, 0.15) is 29.9 Å². The number of aromatic nitrogens is 1. The Hall–Kier alpha value is -3.57. The smallest absolute Gasteiger partial charge is 0.338 e. The van der Waals surface area contributed by atoms with Crippen LogP contribution in [0.5, 0.6) is 17.2 Å². The van der Waals surface area contributed by atoms with E-state index in [-0.39, 0.29) is 24.3 Å². The van der Waals surface area contributed by atoms with Gasteiger partial charge in [0.25, 0.3) is 5.56 Å². The molecule has 0 aliphatic carbocycles. The molecule has 4 aromatic rings. The molecule has 0 bridgehead atoms. The van der Waals surface area contributed by atoms with Gasteiger partial charge in [-0.2, -0.15) is 0 Å². The van der Waals surface area contributed by atoms with E-state index < -0.39 is 12.0 Å². The molecule has 3 aromatic carbocycles. The quantitative estimate of drug-likeness (QED) is 0.185. The van der Waals surface area contributed by atoms with Crippen LogP contribution in [0.15, 0.2) is 80.1 Å². The summed E-state index contributed by atoms with van der Waals surface area (Å²) in [6.45, 7) is 3.88. The summed E-state index contributed by atoms with van der Waals surface area (Å²) in [4.78, 5) is 32.4. The van der Waals surface area contributed by atoms with Crippen LogP contribution >= 0.6 is 50.5 Å². The second-order valence-electron chi connectivity index (χ2n) is 9.62. The Morgan fingerprint density at radius 3 is 2.52 bits per heavy atom. The van der Waals surface area contributed by atoms with Gasteiger partial charge in [0, 0.05) is 21.2 Å². The molecule has 8 nitrogen and oxygen atoms in total. The number of methoxy groups -OCH3 is 2. The molecule has 0 unspecified atom stereocenters. The third kappa shape index (κ3) is 6.44. The first-order valence-electron chi connectivity index (χ1n) is 13.4. The van der Waals surface area contributed by atoms with Crippen molar-refractivity contribution in [2.75, 3.05) is 20.8 Å². The Morgan fingerprint density at radius 1 is 1.07 bits per heavy atom. The van der Waals surface area contributed by atoms with Gasteiger partial charge in [-0.3, -0.25) is 9.36 Å². The van der Waals surface area contributed by atoms with Gasteiger partial charge in [-0.15, -0.1) is 0 Å². The number of ether oxygens (including phenoxy) is 4. The van der Waals surface area contributed by atoms with E-state index in [1.807, 2.05) is 24.3 Å². The van der Waals surface area contributed by atoms with Crippen LogP contribution in [0.3, 0.4) is 0 Å². The number of carbonyl (C=O) groups excluding carboxylic acids is 1. The minimum atomic E-state index is -0.847. The Balaban J connectivity index is 1.56. The van der Waals surface area contributed by atoms with Crippen molar-refractivity contribution in [2.45, 2.75) is 26.5 Å². The highest BCUT2D eigenvalue weighted by Gasteiger charge is 2.35. The summed E-state index contributed by atoms with van der Waals surface area (Å²) in [7, 11) is 3.08. The zero-order valence-electron chi connectivity index (χ0n) is 24.2. The number of halogens is 3. The van der Waals surface area contributed by atoms with Gasteiger partial charge in [0.2, 0.25) is 0 Å². The summed E-state index contributed by atoms with van der Waals surface area (Å²) in [6.07, 6.45) is 1.78. The third-order valence-corrected chi connectivity index (χ3v) is 9.09. The number of hydrogen-bond donors (Lipinski definition) is 0. The molecule has 12 heteroatoms. The summed E-state index contributed by atoms with van der Waals surface area (Å²) in [5.74, 6) is 1.08. The lowest BCUT2D eigenvalue weighted by molar-refractivity contribution is -0.139. The number of hydrogen-bond acceptors (Lipinski definition) is 8. The SMILES string of the molecule is CCOC(=O)C1=C(C)N=c2s/c(=C\c3ccc(OCc4ccc(Cl)cc4Cl)c(Br)c3)c(=O)n2[C@@H]1c1cc(OC)ccc1OC. The van der Waals surface area contributed by atoms with E-state index in [2.05, 4.69) is 20.9 Å². The molecule has 0 N–H and O–H groups in total. The van der Waals surface area contributed by atoms with E-state index in [0.29, 0.717) is 52.4 Å². The van der Waals surface area contributed by atoms with Crippen molar-refractivity contribution in [1.29, 1.82) is 0 Å². The van der Waals surface area contributed by atoms with Gasteiger partial charge in [0.15, 0.2) is 4.80 Å². The number of esters is 1. The Bertz CT molecular complexity index is 1970. The van der Waals surface area contributed by atoms with Crippen molar-refractivity contribution >= 4 is 62.5 Å². The molecule has 44 heavy (non-hydrogen) atoms. The summed E-state index contributed by atoms with van der Waals surface area (Å²) in [5, 5.41) is 1.07. The van der Waals surface area contributed by atoms with Gasteiger partial charge in [-0.1, -0.05) is 46.7 Å². The molecular formula is C32H27BrCl2N2O6S. The van der Waals surface area contributed by atoms with Crippen LogP contribution < -0.4 is 29.1 Å². The summed E-state index contributed by atoms with van der Waals surface area (Å²) in [6, 6.07) is 15.2. The van der Waals surface area contributed by atoms with Gasteiger partial charge in [-0.05, 0) is 83.9 Å². The summed E-state index contributed by atoms with van der Waals surface area (Å²) in [5.41, 5.74) is 2.52. The molecule has 1 aliphatic rings. The topological polar surface area (TPSA) is 88.4 Å². The standard InChI is InChI=1S/C32H27BrCl2N2O6S/c1-5-42-31(39)28-17(2)36-32-37(29(28)22-15-21(40-3)9-11-25(22)41-4)30(38)27(44-32)13-18-6-10-26(23(33)12-18)43-16-19-7-8-20(34)14-24(19)35/h6-15,29H,5,16H2,1-4H3/b27-13-/t29-/m1/s1. The fraction of sp³-hybridized carbons (Fsp3) is 0.219. The van der Waals surface area contributed by atoms with Crippen LogP contribution in [0.1, 0.15) is 36.6 Å². The van der Waals surface area contributed by atoms with E-state index in [1.165, 1.54) is 23.0 Å².